The third kappa shape index (κ3) is 2.52. The Kier molecular flexibility index (Phi) is 3.40. The van der Waals surface area contributed by atoms with E-state index in [1.165, 1.54) is 31.4 Å². The summed E-state index contributed by atoms with van der Waals surface area (Å²) in [7, 11) is 1.39. The third-order valence-corrected chi connectivity index (χ3v) is 1.53. The number of nitrogens with zero attached hydrogens (tertiary/aromatic N) is 1. The van der Waals surface area contributed by atoms with Crippen molar-refractivity contribution >= 4 is 5.71 Å². The molecule has 4 heteroatoms. The summed E-state index contributed by atoms with van der Waals surface area (Å²) in [5, 5.41) is 12.5. The van der Waals surface area contributed by atoms with Crippen LogP contribution in [0, 0.1) is 5.82 Å². The van der Waals surface area contributed by atoms with E-state index in [1.54, 1.807) is 0 Å². The number of halogens is 1. The van der Waals surface area contributed by atoms with Gasteiger partial charge >= 0.3 is 0 Å². The van der Waals surface area contributed by atoms with Crippen molar-refractivity contribution in [2.75, 3.05) is 13.7 Å². The summed E-state index contributed by atoms with van der Waals surface area (Å²) in [4.78, 5) is 4.51. The lowest BCUT2D eigenvalue weighted by Crippen LogP contribution is -2.06. The van der Waals surface area contributed by atoms with Crippen LogP contribution >= 0.6 is 0 Å². The van der Waals surface area contributed by atoms with Gasteiger partial charge in [0.25, 0.3) is 0 Å². The Morgan fingerprint density at radius 2 is 2.08 bits per heavy atom. The van der Waals surface area contributed by atoms with E-state index < -0.39 is 0 Å². The molecule has 0 heterocycles. The van der Waals surface area contributed by atoms with Crippen LogP contribution in [0.3, 0.4) is 0 Å². The Hall–Kier alpha value is -1.42. The topological polar surface area (TPSA) is 41.8 Å². The van der Waals surface area contributed by atoms with E-state index in [9.17, 15) is 4.39 Å². The molecule has 3 nitrogen and oxygen atoms in total. The van der Waals surface area contributed by atoms with E-state index in [-0.39, 0.29) is 12.4 Å². The van der Waals surface area contributed by atoms with Crippen molar-refractivity contribution in [3.05, 3.63) is 35.6 Å². The van der Waals surface area contributed by atoms with Crippen LogP contribution in [0.15, 0.2) is 29.4 Å². The van der Waals surface area contributed by atoms with Gasteiger partial charge in [-0.15, -0.1) is 0 Å². The van der Waals surface area contributed by atoms with Crippen molar-refractivity contribution < 1.29 is 14.3 Å². The Morgan fingerprint density at radius 1 is 1.46 bits per heavy atom. The van der Waals surface area contributed by atoms with Gasteiger partial charge in [0.2, 0.25) is 0 Å². The number of hydrogen-bond donors (Lipinski definition) is 1. The average molecular weight is 183 g/mol. The van der Waals surface area contributed by atoms with Crippen LogP contribution in [0.4, 0.5) is 4.39 Å². The lowest BCUT2D eigenvalue weighted by Gasteiger charge is -2.01. The molecule has 1 aromatic carbocycles. The average Bonchev–Trinajstić information content (AvgIpc) is 2.16. The van der Waals surface area contributed by atoms with Crippen molar-refractivity contribution in [1.29, 1.82) is 0 Å². The molecular weight excluding hydrogens is 173 g/mol. The largest absolute Gasteiger partial charge is 0.399 e. The third-order valence-electron chi connectivity index (χ3n) is 1.53. The molecule has 0 spiro atoms. The Labute approximate surface area is 75.4 Å². The molecule has 0 aromatic heterocycles. The first-order chi connectivity index (χ1) is 6.27. The number of rotatable bonds is 3. The molecule has 1 N–H and O–H groups in total. The minimum atomic E-state index is -0.321. The van der Waals surface area contributed by atoms with Gasteiger partial charge in [-0.1, -0.05) is 17.3 Å². The molecule has 0 saturated carbocycles. The maximum absolute atomic E-state index is 12.5. The monoisotopic (exact) mass is 183 g/mol. The van der Waals surface area contributed by atoms with Crippen LogP contribution in [-0.4, -0.2) is 24.5 Å². The minimum absolute atomic E-state index is 0.237. The highest BCUT2D eigenvalue weighted by molar-refractivity contribution is 6.01. The molecule has 0 saturated heterocycles. The van der Waals surface area contributed by atoms with Crippen LogP contribution in [0.5, 0.6) is 0 Å². The highest BCUT2D eigenvalue weighted by atomic mass is 19.1. The predicted molar refractivity (Wildman–Crippen MR) is 47.0 cm³/mol. The molecule has 0 radical (unpaired) electrons. The fourth-order valence-electron chi connectivity index (χ4n) is 0.925. The van der Waals surface area contributed by atoms with Gasteiger partial charge < -0.3 is 9.94 Å². The number of oxime groups is 1. The fourth-order valence-corrected chi connectivity index (χ4v) is 0.925. The summed E-state index contributed by atoms with van der Waals surface area (Å²) in [6, 6.07) is 5.67. The van der Waals surface area contributed by atoms with Crippen LogP contribution < -0.4 is 0 Å². The molecule has 0 amide bonds. The second kappa shape index (κ2) is 4.57. The summed E-state index contributed by atoms with van der Waals surface area (Å²) in [5.74, 6) is -0.321. The number of aliphatic hydroxyl groups excluding tert-OH is 1. The van der Waals surface area contributed by atoms with Crippen molar-refractivity contribution in [1.82, 2.24) is 0 Å². The normalized spacial score (nSPS) is 11.5. The second-order valence-electron chi connectivity index (χ2n) is 2.39. The molecule has 0 fully saturated rings. The molecule has 1 rings (SSSR count). The summed E-state index contributed by atoms with van der Waals surface area (Å²) in [6.07, 6.45) is 0. The van der Waals surface area contributed by atoms with E-state index in [1.807, 2.05) is 0 Å². The van der Waals surface area contributed by atoms with Crippen molar-refractivity contribution in [3.8, 4) is 0 Å². The molecule has 0 aliphatic heterocycles. The highest BCUT2D eigenvalue weighted by Crippen LogP contribution is 2.04. The first kappa shape index (κ1) is 9.67. The zero-order valence-corrected chi connectivity index (χ0v) is 7.20. The maximum Gasteiger partial charge on any atom is 0.123 e. The first-order valence-corrected chi connectivity index (χ1v) is 3.74. The number of hydrogen-bond acceptors (Lipinski definition) is 3. The summed E-state index contributed by atoms with van der Waals surface area (Å²) in [6.45, 7) is -0.237. The zero-order chi connectivity index (χ0) is 9.68. The van der Waals surface area contributed by atoms with Gasteiger partial charge in [-0.2, -0.15) is 0 Å². The quantitative estimate of drug-likeness (QED) is 0.564. The maximum atomic E-state index is 12.5. The zero-order valence-electron chi connectivity index (χ0n) is 7.20. The summed E-state index contributed by atoms with van der Waals surface area (Å²) in [5.41, 5.74) is 1.02. The van der Waals surface area contributed by atoms with Gasteiger partial charge in [-0.3, -0.25) is 0 Å². The van der Waals surface area contributed by atoms with Gasteiger partial charge in [0.15, 0.2) is 0 Å². The lowest BCUT2D eigenvalue weighted by atomic mass is 10.1. The standard InChI is InChI=1S/C9H10FNO2/c1-13-11-9(6-12)7-2-4-8(10)5-3-7/h2-5,12H,6H2,1H3. The highest BCUT2D eigenvalue weighted by Gasteiger charge is 2.02. The Bertz CT molecular complexity index is 295. The Balaban J connectivity index is 2.92. The number of benzene rings is 1. The predicted octanol–water partition coefficient (Wildman–Crippen LogP) is 1.17. The second-order valence-corrected chi connectivity index (χ2v) is 2.39. The van der Waals surface area contributed by atoms with Gasteiger partial charge in [-0.05, 0) is 12.1 Å². The van der Waals surface area contributed by atoms with E-state index in [0.29, 0.717) is 11.3 Å². The smallest absolute Gasteiger partial charge is 0.123 e. The molecule has 13 heavy (non-hydrogen) atoms. The number of aliphatic hydroxyl groups is 1. The van der Waals surface area contributed by atoms with Crippen LogP contribution in [-0.2, 0) is 4.84 Å². The van der Waals surface area contributed by atoms with Crippen LogP contribution in [0.2, 0.25) is 0 Å². The summed E-state index contributed by atoms with van der Waals surface area (Å²) >= 11 is 0. The summed E-state index contributed by atoms with van der Waals surface area (Å²) < 4.78 is 12.5. The van der Waals surface area contributed by atoms with Crippen molar-refractivity contribution in [2.45, 2.75) is 0 Å². The van der Waals surface area contributed by atoms with Gasteiger partial charge in [0.05, 0.1) is 6.61 Å². The fraction of sp³-hybridized carbons (Fsp3) is 0.222. The SMILES string of the molecule is CON=C(CO)c1ccc(F)cc1. The molecule has 0 aliphatic rings. The molecule has 0 bridgehead atoms. The van der Waals surface area contributed by atoms with E-state index in [4.69, 9.17) is 5.11 Å². The Morgan fingerprint density at radius 3 is 2.54 bits per heavy atom. The molecule has 1 aromatic rings. The minimum Gasteiger partial charge on any atom is -0.399 e. The van der Waals surface area contributed by atoms with E-state index in [2.05, 4.69) is 9.99 Å². The lowest BCUT2D eigenvalue weighted by molar-refractivity contribution is 0.209. The van der Waals surface area contributed by atoms with E-state index >= 15 is 0 Å². The van der Waals surface area contributed by atoms with Gasteiger partial charge in [-0.25, -0.2) is 4.39 Å². The van der Waals surface area contributed by atoms with Crippen LogP contribution in [0.1, 0.15) is 5.56 Å². The molecule has 0 unspecified atom stereocenters. The van der Waals surface area contributed by atoms with Crippen LogP contribution in [0.25, 0.3) is 0 Å². The molecule has 0 aliphatic carbocycles. The van der Waals surface area contributed by atoms with E-state index in [0.717, 1.165) is 0 Å². The molecule has 70 valence electrons. The van der Waals surface area contributed by atoms with Gasteiger partial charge in [0, 0.05) is 5.56 Å². The first-order valence-electron chi connectivity index (χ1n) is 3.74. The molecular formula is C9H10FNO2. The van der Waals surface area contributed by atoms with Crippen molar-refractivity contribution in [2.24, 2.45) is 5.16 Å². The molecule has 0 atom stereocenters. The van der Waals surface area contributed by atoms with Crippen molar-refractivity contribution in [3.63, 3.8) is 0 Å². The van der Waals surface area contributed by atoms with Gasteiger partial charge in [0.1, 0.15) is 18.6 Å².